The molecule has 0 bridgehead atoms. The number of nitrogens with one attached hydrogen (secondary N) is 2. The normalized spacial score (nSPS) is 11.4. The van der Waals surface area contributed by atoms with Crippen LogP contribution in [0.1, 0.15) is 25.0 Å². The van der Waals surface area contributed by atoms with E-state index in [1.165, 1.54) is 5.56 Å². The van der Waals surface area contributed by atoms with Crippen LogP contribution in [-0.4, -0.2) is 33.8 Å². The van der Waals surface area contributed by atoms with Gasteiger partial charge in [-0.3, -0.25) is 4.99 Å². The van der Waals surface area contributed by atoms with Crippen LogP contribution in [0.3, 0.4) is 0 Å². The van der Waals surface area contributed by atoms with E-state index in [1.54, 1.807) is 21.3 Å². The summed E-state index contributed by atoms with van der Waals surface area (Å²) in [7, 11) is 5.15. The fourth-order valence-corrected chi connectivity index (χ4v) is 2.70. The van der Waals surface area contributed by atoms with Gasteiger partial charge < -0.3 is 20.1 Å². The van der Waals surface area contributed by atoms with E-state index < -0.39 is 0 Å². The minimum atomic E-state index is -0.0728. The van der Waals surface area contributed by atoms with Gasteiger partial charge >= 0.3 is 0 Å². The Kier molecular flexibility index (Phi) is 9.41. The largest absolute Gasteiger partial charge is 0.497 e. The van der Waals surface area contributed by atoms with Gasteiger partial charge in [0.1, 0.15) is 11.5 Å². The molecule has 5 nitrogen and oxygen atoms in total. The molecule has 2 N–H and O–H groups in total. The molecule has 0 saturated carbocycles. The lowest BCUT2D eigenvalue weighted by Crippen LogP contribution is -2.43. The second-order valence-electron chi connectivity index (χ2n) is 6.71. The molecular formula is C21H30IN3O2. The fraction of sp³-hybridized carbons (Fsp3) is 0.381. The van der Waals surface area contributed by atoms with E-state index in [-0.39, 0.29) is 29.4 Å². The SMILES string of the molecule is CN=C(NCc1ccccc1OC)NCC(C)(C)c1cccc(OC)c1.I. The topological polar surface area (TPSA) is 54.9 Å². The minimum absolute atomic E-state index is 0. The molecule has 0 spiro atoms. The summed E-state index contributed by atoms with van der Waals surface area (Å²) in [5.41, 5.74) is 2.23. The van der Waals surface area contributed by atoms with Crippen molar-refractivity contribution in [2.45, 2.75) is 25.8 Å². The van der Waals surface area contributed by atoms with Crippen molar-refractivity contribution in [2.75, 3.05) is 27.8 Å². The van der Waals surface area contributed by atoms with Crippen molar-refractivity contribution in [2.24, 2.45) is 4.99 Å². The van der Waals surface area contributed by atoms with Gasteiger partial charge in [0.25, 0.3) is 0 Å². The molecule has 2 aromatic rings. The maximum atomic E-state index is 5.39. The molecule has 0 fully saturated rings. The molecule has 6 heteroatoms. The summed E-state index contributed by atoms with van der Waals surface area (Å²) in [6.07, 6.45) is 0. The Balaban J connectivity index is 0.00000364. The number of guanidine groups is 1. The van der Waals surface area contributed by atoms with Crippen molar-refractivity contribution in [3.05, 3.63) is 59.7 Å². The van der Waals surface area contributed by atoms with Gasteiger partial charge in [0.15, 0.2) is 5.96 Å². The molecule has 148 valence electrons. The van der Waals surface area contributed by atoms with Crippen molar-refractivity contribution < 1.29 is 9.47 Å². The number of para-hydroxylation sites is 1. The smallest absolute Gasteiger partial charge is 0.191 e. The predicted molar refractivity (Wildman–Crippen MR) is 123 cm³/mol. The number of rotatable bonds is 7. The number of hydrogen-bond donors (Lipinski definition) is 2. The number of nitrogens with zero attached hydrogens (tertiary/aromatic N) is 1. The number of aliphatic imine (C=N–C) groups is 1. The summed E-state index contributed by atoms with van der Waals surface area (Å²) >= 11 is 0. The minimum Gasteiger partial charge on any atom is -0.497 e. The second-order valence-corrected chi connectivity index (χ2v) is 6.71. The standard InChI is InChI=1S/C21H29N3O2.HI/c1-21(2,17-10-8-11-18(13-17)25-4)15-24-20(22-3)23-14-16-9-6-7-12-19(16)26-5;/h6-13H,14-15H2,1-5H3,(H2,22,23,24);1H. The van der Waals surface area contributed by atoms with Gasteiger partial charge in [0, 0.05) is 31.1 Å². The van der Waals surface area contributed by atoms with Crippen LogP contribution in [0.2, 0.25) is 0 Å². The Morgan fingerprint density at radius 3 is 2.41 bits per heavy atom. The van der Waals surface area contributed by atoms with Gasteiger partial charge in [0.2, 0.25) is 0 Å². The summed E-state index contributed by atoms with van der Waals surface area (Å²) in [4.78, 5) is 4.32. The molecule has 0 aromatic heterocycles. The zero-order valence-corrected chi connectivity index (χ0v) is 19.0. The van der Waals surface area contributed by atoms with Crippen molar-refractivity contribution in [1.29, 1.82) is 0 Å². The van der Waals surface area contributed by atoms with Crippen molar-refractivity contribution >= 4 is 29.9 Å². The fourth-order valence-electron chi connectivity index (χ4n) is 2.70. The lowest BCUT2D eigenvalue weighted by Gasteiger charge is -2.27. The molecule has 0 amide bonds. The van der Waals surface area contributed by atoms with Gasteiger partial charge in [-0.05, 0) is 23.8 Å². The number of methoxy groups -OCH3 is 2. The second kappa shape index (κ2) is 11.0. The third-order valence-corrected chi connectivity index (χ3v) is 4.41. The Bertz CT molecular complexity index is 748. The van der Waals surface area contributed by atoms with E-state index in [4.69, 9.17) is 9.47 Å². The van der Waals surface area contributed by atoms with E-state index in [2.05, 4.69) is 41.6 Å². The van der Waals surface area contributed by atoms with E-state index in [9.17, 15) is 0 Å². The molecule has 0 heterocycles. The first-order chi connectivity index (χ1) is 12.5. The highest BCUT2D eigenvalue weighted by atomic mass is 127. The number of benzene rings is 2. The zero-order chi connectivity index (χ0) is 19.0. The lowest BCUT2D eigenvalue weighted by atomic mass is 9.84. The Hall–Kier alpha value is -1.96. The van der Waals surface area contributed by atoms with Gasteiger partial charge in [-0.2, -0.15) is 0 Å². The molecule has 2 rings (SSSR count). The summed E-state index contributed by atoms with van der Waals surface area (Å²) in [6, 6.07) is 16.1. The first-order valence-electron chi connectivity index (χ1n) is 8.71. The number of ether oxygens (including phenoxy) is 2. The average Bonchev–Trinajstić information content (AvgIpc) is 2.68. The first kappa shape index (κ1) is 23.1. The Morgan fingerprint density at radius 1 is 1.00 bits per heavy atom. The highest BCUT2D eigenvalue weighted by Crippen LogP contribution is 2.25. The molecule has 0 aliphatic carbocycles. The van der Waals surface area contributed by atoms with Crippen LogP contribution < -0.4 is 20.1 Å². The van der Waals surface area contributed by atoms with Crippen LogP contribution in [-0.2, 0) is 12.0 Å². The molecule has 27 heavy (non-hydrogen) atoms. The monoisotopic (exact) mass is 483 g/mol. The van der Waals surface area contributed by atoms with Crippen LogP contribution in [0, 0.1) is 0 Å². The van der Waals surface area contributed by atoms with Crippen molar-refractivity contribution in [3.8, 4) is 11.5 Å². The van der Waals surface area contributed by atoms with E-state index >= 15 is 0 Å². The lowest BCUT2D eigenvalue weighted by molar-refractivity contribution is 0.409. The van der Waals surface area contributed by atoms with Crippen LogP contribution in [0.15, 0.2) is 53.5 Å². The Labute approximate surface area is 179 Å². The quantitative estimate of drug-likeness (QED) is 0.356. The van der Waals surface area contributed by atoms with Crippen LogP contribution in [0.25, 0.3) is 0 Å². The van der Waals surface area contributed by atoms with E-state index in [0.717, 1.165) is 29.6 Å². The zero-order valence-electron chi connectivity index (χ0n) is 16.7. The van der Waals surface area contributed by atoms with Crippen LogP contribution in [0.4, 0.5) is 0 Å². The van der Waals surface area contributed by atoms with Crippen molar-refractivity contribution in [3.63, 3.8) is 0 Å². The van der Waals surface area contributed by atoms with E-state index in [0.29, 0.717) is 6.54 Å². The summed E-state index contributed by atoms with van der Waals surface area (Å²) in [5.74, 6) is 2.49. The highest BCUT2D eigenvalue weighted by Gasteiger charge is 2.21. The van der Waals surface area contributed by atoms with Gasteiger partial charge in [-0.25, -0.2) is 0 Å². The molecule has 0 aliphatic heterocycles. The number of halogens is 1. The molecule has 2 aromatic carbocycles. The Morgan fingerprint density at radius 2 is 1.74 bits per heavy atom. The summed E-state index contributed by atoms with van der Waals surface area (Å²) < 4.78 is 10.7. The molecule has 0 unspecified atom stereocenters. The number of hydrogen-bond acceptors (Lipinski definition) is 3. The predicted octanol–water partition coefficient (Wildman–Crippen LogP) is 3.96. The summed E-state index contributed by atoms with van der Waals surface area (Å²) in [5, 5.41) is 6.75. The van der Waals surface area contributed by atoms with Gasteiger partial charge in [-0.1, -0.05) is 44.2 Å². The molecule has 0 atom stereocenters. The van der Waals surface area contributed by atoms with Crippen LogP contribution >= 0.6 is 24.0 Å². The molecular weight excluding hydrogens is 453 g/mol. The third kappa shape index (κ3) is 6.61. The maximum Gasteiger partial charge on any atom is 0.191 e. The van der Waals surface area contributed by atoms with Crippen molar-refractivity contribution in [1.82, 2.24) is 10.6 Å². The molecule has 0 radical (unpaired) electrons. The highest BCUT2D eigenvalue weighted by molar-refractivity contribution is 14.0. The van der Waals surface area contributed by atoms with Gasteiger partial charge in [-0.15, -0.1) is 24.0 Å². The maximum absolute atomic E-state index is 5.39. The molecule has 0 aliphatic rings. The first-order valence-corrected chi connectivity index (χ1v) is 8.71. The average molecular weight is 483 g/mol. The third-order valence-electron chi connectivity index (χ3n) is 4.41. The van der Waals surface area contributed by atoms with Crippen LogP contribution in [0.5, 0.6) is 11.5 Å². The summed E-state index contributed by atoms with van der Waals surface area (Å²) in [6.45, 7) is 5.78. The molecule has 0 saturated heterocycles. The van der Waals surface area contributed by atoms with E-state index in [1.807, 2.05) is 36.4 Å². The van der Waals surface area contributed by atoms with Gasteiger partial charge in [0.05, 0.1) is 14.2 Å².